The van der Waals surface area contributed by atoms with Crippen molar-refractivity contribution in [1.82, 2.24) is 0 Å². The van der Waals surface area contributed by atoms with Crippen molar-refractivity contribution in [3.63, 3.8) is 0 Å². The van der Waals surface area contributed by atoms with E-state index >= 15 is 0 Å². The average Bonchev–Trinajstić information content (AvgIpc) is 2.43. The molecule has 0 saturated heterocycles. The third-order valence-electron chi connectivity index (χ3n) is 4.35. The Bertz CT molecular complexity index is 458. The largest absolute Gasteiger partial charge is 0.467 e. The lowest BCUT2D eigenvalue weighted by molar-refractivity contribution is -0.149. The zero-order valence-corrected chi connectivity index (χ0v) is 12.0. The predicted molar refractivity (Wildman–Crippen MR) is 77.2 cm³/mol. The molecule has 0 spiro atoms. The van der Waals surface area contributed by atoms with Crippen LogP contribution in [0.2, 0.25) is 0 Å². The number of anilines is 1. The van der Waals surface area contributed by atoms with Gasteiger partial charge in [-0.2, -0.15) is 0 Å². The van der Waals surface area contributed by atoms with Crippen LogP contribution in [0.15, 0.2) is 24.3 Å². The van der Waals surface area contributed by atoms with Crippen molar-refractivity contribution in [3.8, 4) is 0 Å². The van der Waals surface area contributed by atoms with Gasteiger partial charge in [-0.05, 0) is 37.3 Å². The summed E-state index contributed by atoms with van der Waals surface area (Å²) in [5.74, 6) is 0.149. The van der Waals surface area contributed by atoms with Crippen LogP contribution in [0.25, 0.3) is 0 Å². The zero-order chi connectivity index (χ0) is 13.9. The van der Waals surface area contributed by atoms with Gasteiger partial charge >= 0.3 is 5.97 Å². The number of hydrogen-bond donors (Lipinski definition) is 1. The van der Waals surface area contributed by atoms with Crippen LogP contribution in [-0.4, -0.2) is 18.6 Å². The second-order valence-electron chi connectivity index (χ2n) is 5.55. The first kappa shape index (κ1) is 13.9. The van der Waals surface area contributed by atoms with E-state index in [1.807, 2.05) is 18.2 Å². The lowest BCUT2D eigenvalue weighted by atomic mass is 9.73. The molecule has 0 heterocycles. The monoisotopic (exact) mass is 261 g/mol. The van der Waals surface area contributed by atoms with Gasteiger partial charge in [-0.1, -0.05) is 38.0 Å². The second kappa shape index (κ2) is 5.64. The summed E-state index contributed by atoms with van der Waals surface area (Å²) >= 11 is 0. The van der Waals surface area contributed by atoms with E-state index in [-0.39, 0.29) is 11.9 Å². The maximum absolute atomic E-state index is 12.3. The van der Waals surface area contributed by atoms with Gasteiger partial charge in [0.2, 0.25) is 0 Å². The molecule has 2 atom stereocenters. The van der Waals surface area contributed by atoms with E-state index in [0.717, 1.165) is 30.5 Å². The van der Waals surface area contributed by atoms with E-state index in [1.54, 1.807) is 0 Å². The number of methoxy groups -OCH3 is 1. The molecule has 0 aliphatic heterocycles. The molecule has 1 aromatic carbocycles. The Morgan fingerprint density at radius 3 is 2.74 bits per heavy atom. The molecule has 0 amide bonds. The Hall–Kier alpha value is -1.51. The zero-order valence-electron chi connectivity index (χ0n) is 12.0. The molecule has 2 rings (SSSR count). The number of nitrogens with one attached hydrogen (secondary N) is 1. The van der Waals surface area contributed by atoms with Crippen molar-refractivity contribution < 1.29 is 9.53 Å². The summed E-state index contributed by atoms with van der Waals surface area (Å²) in [6, 6.07) is 8.09. The first-order valence-corrected chi connectivity index (χ1v) is 7.02. The third kappa shape index (κ3) is 2.60. The summed E-state index contributed by atoms with van der Waals surface area (Å²) in [6.45, 7) is 4.20. The second-order valence-corrected chi connectivity index (χ2v) is 5.55. The summed E-state index contributed by atoms with van der Waals surface area (Å²) < 4.78 is 5.07. The van der Waals surface area contributed by atoms with Crippen LogP contribution in [0, 0.1) is 12.8 Å². The summed E-state index contributed by atoms with van der Waals surface area (Å²) in [6.07, 6.45) is 4.16. The molecule has 0 aromatic heterocycles. The molecule has 1 fully saturated rings. The van der Waals surface area contributed by atoms with E-state index in [4.69, 9.17) is 4.74 Å². The summed E-state index contributed by atoms with van der Waals surface area (Å²) in [4.78, 5) is 12.3. The number of hydrogen-bond acceptors (Lipinski definition) is 3. The molecule has 1 aliphatic carbocycles. The number of para-hydroxylation sites is 1. The highest BCUT2D eigenvalue weighted by molar-refractivity contribution is 5.85. The Morgan fingerprint density at radius 1 is 1.37 bits per heavy atom. The summed E-state index contributed by atoms with van der Waals surface area (Å²) in [5.41, 5.74) is 1.62. The molecule has 1 aromatic rings. The van der Waals surface area contributed by atoms with Gasteiger partial charge in [-0.15, -0.1) is 0 Å². The van der Waals surface area contributed by atoms with Crippen molar-refractivity contribution in [2.45, 2.75) is 45.1 Å². The minimum absolute atomic E-state index is 0.136. The Balaban J connectivity index is 2.33. The number of rotatable bonds is 3. The fraction of sp³-hybridized carbons (Fsp3) is 0.562. The molecule has 3 heteroatoms. The van der Waals surface area contributed by atoms with Gasteiger partial charge in [-0.3, -0.25) is 0 Å². The maximum Gasteiger partial charge on any atom is 0.331 e. The SMILES string of the molecule is COC(=O)C1(Nc2ccccc2C)CCCCC1C. The van der Waals surface area contributed by atoms with Crippen LogP contribution in [0.5, 0.6) is 0 Å². The highest BCUT2D eigenvalue weighted by Crippen LogP contribution is 2.38. The van der Waals surface area contributed by atoms with Gasteiger partial charge in [0.25, 0.3) is 0 Å². The quantitative estimate of drug-likeness (QED) is 0.846. The van der Waals surface area contributed by atoms with E-state index in [0.29, 0.717) is 0 Å². The van der Waals surface area contributed by atoms with Gasteiger partial charge in [0.1, 0.15) is 5.54 Å². The molecule has 1 saturated carbocycles. The molecule has 3 nitrogen and oxygen atoms in total. The predicted octanol–water partition coefficient (Wildman–Crippen LogP) is 3.53. The molecule has 1 aliphatic rings. The van der Waals surface area contributed by atoms with Gasteiger partial charge in [-0.25, -0.2) is 4.79 Å². The molecule has 19 heavy (non-hydrogen) atoms. The van der Waals surface area contributed by atoms with Crippen LogP contribution in [-0.2, 0) is 9.53 Å². The lowest BCUT2D eigenvalue weighted by Crippen LogP contribution is -2.54. The first-order valence-electron chi connectivity index (χ1n) is 7.02. The number of ether oxygens (including phenoxy) is 1. The number of carbonyl (C=O) groups is 1. The van der Waals surface area contributed by atoms with Crippen molar-refractivity contribution in [2.24, 2.45) is 5.92 Å². The van der Waals surface area contributed by atoms with Gasteiger partial charge in [0.05, 0.1) is 7.11 Å². The van der Waals surface area contributed by atoms with Crippen molar-refractivity contribution >= 4 is 11.7 Å². The number of aryl methyl sites for hydroxylation is 1. The molecule has 104 valence electrons. The number of carbonyl (C=O) groups excluding carboxylic acids is 1. The molecule has 0 radical (unpaired) electrons. The van der Waals surface area contributed by atoms with Crippen LogP contribution in [0.4, 0.5) is 5.69 Å². The first-order chi connectivity index (χ1) is 9.10. The van der Waals surface area contributed by atoms with Gasteiger partial charge in [0, 0.05) is 5.69 Å². The Labute approximate surface area is 115 Å². The van der Waals surface area contributed by atoms with E-state index in [9.17, 15) is 4.79 Å². The highest BCUT2D eigenvalue weighted by atomic mass is 16.5. The Morgan fingerprint density at radius 2 is 2.11 bits per heavy atom. The fourth-order valence-corrected chi connectivity index (χ4v) is 3.02. The molecule has 2 unspecified atom stereocenters. The van der Waals surface area contributed by atoms with Crippen LogP contribution in [0.3, 0.4) is 0 Å². The van der Waals surface area contributed by atoms with E-state index in [1.165, 1.54) is 13.5 Å². The third-order valence-corrected chi connectivity index (χ3v) is 4.35. The molecule has 1 N–H and O–H groups in total. The van der Waals surface area contributed by atoms with Crippen LogP contribution in [0.1, 0.15) is 38.2 Å². The smallest absolute Gasteiger partial charge is 0.331 e. The topological polar surface area (TPSA) is 38.3 Å². The van der Waals surface area contributed by atoms with Crippen LogP contribution >= 0.6 is 0 Å². The average molecular weight is 261 g/mol. The number of benzene rings is 1. The van der Waals surface area contributed by atoms with Crippen molar-refractivity contribution in [2.75, 3.05) is 12.4 Å². The minimum Gasteiger partial charge on any atom is -0.467 e. The summed E-state index contributed by atoms with van der Waals surface area (Å²) in [7, 11) is 1.48. The normalized spacial score (nSPS) is 26.8. The Kier molecular flexibility index (Phi) is 4.13. The maximum atomic E-state index is 12.3. The molecule has 0 bridgehead atoms. The lowest BCUT2D eigenvalue weighted by Gasteiger charge is -2.41. The standard InChI is InChI=1S/C16H23NO2/c1-12-8-4-5-10-14(12)17-16(15(18)19-3)11-7-6-9-13(16)2/h4-5,8,10,13,17H,6-7,9,11H2,1-3H3. The molecular weight excluding hydrogens is 238 g/mol. The molecular formula is C16H23NO2. The fourth-order valence-electron chi connectivity index (χ4n) is 3.02. The van der Waals surface area contributed by atoms with E-state index < -0.39 is 5.54 Å². The van der Waals surface area contributed by atoms with Gasteiger partial charge in [0.15, 0.2) is 0 Å². The van der Waals surface area contributed by atoms with Crippen molar-refractivity contribution in [3.05, 3.63) is 29.8 Å². The van der Waals surface area contributed by atoms with Crippen molar-refractivity contribution in [1.29, 1.82) is 0 Å². The summed E-state index contributed by atoms with van der Waals surface area (Å²) in [5, 5.41) is 3.49. The van der Waals surface area contributed by atoms with E-state index in [2.05, 4.69) is 25.2 Å². The number of esters is 1. The minimum atomic E-state index is -0.570. The van der Waals surface area contributed by atoms with Crippen LogP contribution < -0.4 is 5.32 Å². The van der Waals surface area contributed by atoms with Gasteiger partial charge < -0.3 is 10.1 Å². The highest BCUT2D eigenvalue weighted by Gasteiger charge is 2.46.